The summed E-state index contributed by atoms with van der Waals surface area (Å²) in [5, 5.41) is 17.5. The monoisotopic (exact) mass is 483 g/mol. The van der Waals surface area contributed by atoms with Gasteiger partial charge >= 0.3 is 11.9 Å². The molecule has 168 valence electrons. The number of benzene rings is 1. The number of aromatic nitrogens is 4. The van der Waals surface area contributed by atoms with Crippen LogP contribution in [0, 0.1) is 0 Å². The van der Waals surface area contributed by atoms with Crippen LogP contribution >= 0.6 is 22.7 Å². The average molecular weight is 484 g/mol. The van der Waals surface area contributed by atoms with Crippen LogP contribution in [0.15, 0.2) is 53.5 Å². The van der Waals surface area contributed by atoms with Gasteiger partial charge in [0, 0.05) is 15.8 Å². The van der Waals surface area contributed by atoms with Crippen molar-refractivity contribution in [1.82, 2.24) is 20.2 Å². The lowest BCUT2D eigenvalue weighted by atomic mass is 10.1. The number of tetrazole rings is 1. The predicted molar refractivity (Wildman–Crippen MR) is 122 cm³/mol. The van der Waals surface area contributed by atoms with Crippen molar-refractivity contribution in [1.29, 1.82) is 0 Å². The van der Waals surface area contributed by atoms with Crippen molar-refractivity contribution in [2.24, 2.45) is 0 Å². The number of carbonyl (C=O) groups is 3. The Morgan fingerprint density at radius 3 is 2.64 bits per heavy atom. The molecule has 0 aliphatic rings. The van der Waals surface area contributed by atoms with Gasteiger partial charge in [0.05, 0.1) is 17.9 Å². The van der Waals surface area contributed by atoms with Gasteiger partial charge in [-0.2, -0.15) is 4.68 Å². The lowest BCUT2D eigenvalue weighted by molar-refractivity contribution is -0.119. The molecule has 0 aliphatic heterocycles. The number of rotatable bonds is 8. The second-order valence-electron chi connectivity index (χ2n) is 6.45. The van der Waals surface area contributed by atoms with Crippen molar-refractivity contribution in [3.63, 3.8) is 0 Å². The molecule has 4 aromatic rings. The van der Waals surface area contributed by atoms with E-state index in [2.05, 4.69) is 20.8 Å². The molecule has 0 saturated carbocycles. The first-order valence-electron chi connectivity index (χ1n) is 9.70. The molecule has 3 heterocycles. The lowest BCUT2D eigenvalue weighted by Crippen LogP contribution is -2.22. The van der Waals surface area contributed by atoms with Crippen LogP contribution in [0.1, 0.15) is 27.6 Å². The molecule has 12 heteroatoms. The SMILES string of the molecule is CCOC(=O)c1c(-c2cccs2)csc1NC(=O)COC(=O)c1ccccc1-n1cnnn1. The molecule has 0 bridgehead atoms. The second-order valence-corrected chi connectivity index (χ2v) is 8.27. The first-order chi connectivity index (χ1) is 16.1. The largest absolute Gasteiger partial charge is 0.462 e. The highest BCUT2D eigenvalue weighted by molar-refractivity contribution is 7.17. The van der Waals surface area contributed by atoms with Gasteiger partial charge in [0.25, 0.3) is 5.91 Å². The molecule has 10 nitrogen and oxygen atoms in total. The maximum atomic E-state index is 12.6. The van der Waals surface area contributed by atoms with Crippen molar-refractivity contribution in [2.75, 3.05) is 18.5 Å². The van der Waals surface area contributed by atoms with E-state index in [0.29, 0.717) is 16.3 Å². The van der Waals surface area contributed by atoms with E-state index in [1.807, 2.05) is 17.5 Å². The number of carbonyl (C=O) groups excluding carboxylic acids is 3. The van der Waals surface area contributed by atoms with E-state index in [9.17, 15) is 14.4 Å². The number of ether oxygens (including phenoxy) is 2. The fourth-order valence-electron chi connectivity index (χ4n) is 2.96. The third-order valence-electron chi connectivity index (χ3n) is 4.36. The number of hydrogen-bond donors (Lipinski definition) is 1. The molecule has 0 saturated heterocycles. The quantitative estimate of drug-likeness (QED) is 0.378. The summed E-state index contributed by atoms with van der Waals surface area (Å²) in [4.78, 5) is 38.5. The zero-order valence-corrected chi connectivity index (χ0v) is 18.9. The van der Waals surface area contributed by atoms with E-state index in [-0.39, 0.29) is 17.7 Å². The lowest BCUT2D eigenvalue weighted by Gasteiger charge is -2.10. The normalized spacial score (nSPS) is 10.6. The molecule has 4 rings (SSSR count). The molecule has 3 aromatic heterocycles. The first kappa shape index (κ1) is 22.3. The van der Waals surface area contributed by atoms with Crippen LogP contribution in [-0.2, 0) is 14.3 Å². The Bertz CT molecular complexity index is 1270. The zero-order chi connectivity index (χ0) is 23.2. The van der Waals surface area contributed by atoms with Gasteiger partial charge in [0.15, 0.2) is 6.61 Å². The van der Waals surface area contributed by atoms with Crippen molar-refractivity contribution >= 4 is 45.5 Å². The molecule has 0 atom stereocenters. The number of anilines is 1. The molecule has 33 heavy (non-hydrogen) atoms. The molecule has 0 fully saturated rings. The average Bonchev–Trinajstić information content (AvgIpc) is 3.59. The summed E-state index contributed by atoms with van der Waals surface area (Å²) in [6.07, 6.45) is 1.34. The van der Waals surface area contributed by atoms with Crippen molar-refractivity contribution in [3.8, 4) is 16.1 Å². The van der Waals surface area contributed by atoms with E-state index < -0.39 is 24.5 Å². The Morgan fingerprint density at radius 1 is 1.06 bits per heavy atom. The fourth-order valence-corrected chi connectivity index (χ4v) is 4.75. The molecule has 0 aliphatic carbocycles. The Hall–Kier alpha value is -3.90. The van der Waals surface area contributed by atoms with Gasteiger partial charge in [-0.1, -0.05) is 18.2 Å². The third kappa shape index (κ3) is 4.96. The number of hydrogen-bond acceptors (Lipinski definition) is 10. The van der Waals surface area contributed by atoms with Gasteiger partial charge in [-0.3, -0.25) is 4.79 Å². The van der Waals surface area contributed by atoms with Gasteiger partial charge in [-0.15, -0.1) is 27.8 Å². The predicted octanol–water partition coefficient (Wildman–Crippen LogP) is 3.42. The number of esters is 2. The molecule has 0 radical (unpaired) electrons. The fraction of sp³-hybridized carbons (Fsp3) is 0.143. The summed E-state index contributed by atoms with van der Waals surface area (Å²) < 4.78 is 11.7. The summed E-state index contributed by atoms with van der Waals surface area (Å²) in [6.45, 7) is 1.36. The molecule has 0 spiro atoms. The summed E-state index contributed by atoms with van der Waals surface area (Å²) in [6, 6.07) is 10.3. The Balaban J connectivity index is 1.47. The highest BCUT2D eigenvalue weighted by Crippen LogP contribution is 2.38. The van der Waals surface area contributed by atoms with Gasteiger partial charge < -0.3 is 14.8 Å². The smallest absolute Gasteiger partial charge is 0.341 e. The summed E-state index contributed by atoms with van der Waals surface area (Å²) in [7, 11) is 0. The maximum Gasteiger partial charge on any atom is 0.341 e. The molecular weight excluding hydrogens is 466 g/mol. The summed E-state index contributed by atoms with van der Waals surface area (Å²) >= 11 is 2.67. The van der Waals surface area contributed by atoms with Crippen molar-refractivity contribution in [2.45, 2.75) is 6.92 Å². The van der Waals surface area contributed by atoms with Gasteiger partial charge in [0.2, 0.25) is 0 Å². The summed E-state index contributed by atoms with van der Waals surface area (Å²) in [5.74, 6) is -1.84. The Kier molecular flexibility index (Phi) is 6.86. The molecule has 1 N–H and O–H groups in total. The van der Waals surface area contributed by atoms with Gasteiger partial charge in [0.1, 0.15) is 16.9 Å². The molecule has 1 amide bonds. The van der Waals surface area contributed by atoms with E-state index in [1.54, 1.807) is 36.6 Å². The number of nitrogens with one attached hydrogen (secondary N) is 1. The Labute approximate surface area is 195 Å². The van der Waals surface area contributed by atoms with E-state index in [0.717, 1.165) is 4.88 Å². The highest BCUT2D eigenvalue weighted by atomic mass is 32.1. The van der Waals surface area contributed by atoms with E-state index >= 15 is 0 Å². The second kappa shape index (κ2) is 10.1. The summed E-state index contributed by atoms with van der Waals surface area (Å²) in [5.41, 5.74) is 1.56. The van der Waals surface area contributed by atoms with Crippen LogP contribution in [0.3, 0.4) is 0 Å². The standard InChI is InChI=1S/C21H17N5O5S2/c1-2-30-21(29)18-14(16-8-5-9-32-16)11-33-19(18)23-17(27)10-31-20(28)13-6-3-4-7-15(13)26-12-22-24-25-26/h3-9,11-12H,2,10H2,1H3,(H,23,27). The van der Waals surface area contributed by atoms with E-state index in [4.69, 9.17) is 9.47 Å². The van der Waals surface area contributed by atoms with Crippen LogP contribution in [0.2, 0.25) is 0 Å². The first-order valence-corrected chi connectivity index (χ1v) is 11.5. The maximum absolute atomic E-state index is 12.6. The molecule has 1 aromatic carbocycles. The topological polar surface area (TPSA) is 125 Å². The number of thiophene rings is 2. The van der Waals surface area contributed by atoms with Crippen LogP contribution in [-0.4, -0.2) is 51.3 Å². The minimum atomic E-state index is -0.715. The zero-order valence-electron chi connectivity index (χ0n) is 17.3. The Morgan fingerprint density at radius 2 is 1.91 bits per heavy atom. The number of amides is 1. The minimum absolute atomic E-state index is 0.195. The van der Waals surface area contributed by atoms with Crippen LogP contribution < -0.4 is 5.32 Å². The minimum Gasteiger partial charge on any atom is -0.462 e. The van der Waals surface area contributed by atoms with Crippen LogP contribution in [0.5, 0.6) is 0 Å². The molecular formula is C21H17N5O5S2. The van der Waals surface area contributed by atoms with Crippen LogP contribution in [0.4, 0.5) is 5.00 Å². The number of para-hydroxylation sites is 1. The van der Waals surface area contributed by atoms with Crippen molar-refractivity contribution < 1.29 is 23.9 Å². The van der Waals surface area contributed by atoms with E-state index in [1.165, 1.54) is 33.7 Å². The van der Waals surface area contributed by atoms with Crippen LogP contribution in [0.25, 0.3) is 16.1 Å². The number of nitrogens with zero attached hydrogens (tertiary/aromatic N) is 4. The third-order valence-corrected chi connectivity index (χ3v) is 6.16. The highest BCUT2D eigenvalue weighted by Gasteiger charge is 2.24. The van der Waals surface area contributed by atoms with Gasteiger partial charge in [-0.05, 0) is 40.9 Å². The van der Waals surface area contributed by atoms with Gasteiger partial charge in [-0.25, -0.2) is 9.59 Å². The molecule has 0 unspecified atom stereocenters. The van der Waals surface area contributed by atoms with Crippen molar-refractivity contribution in [3.05, 3.63) is 64.6 Å².